The molecule has 0 fully saturated rings. The predicted molar refractivity (Wildman–Crippen MR) is 219 cm³/mol. The Morgan fingerprint density at radius 3 is 1.29 bits per heavy atom. The third-order valence-electron chi connectivity index (χ3n) is 10.4. The summed E-state index contributed by atoms with van der Waals surface area (Å²) in [5.74, 6) is 0.102. The third-order valence-corrected chi connectivity index (χ3v) is 10.4. The second kappa shape index (κ2) is 14.5. The Morgan fingerprint density at radius 2 is 0.765 bits per heavy atom. The number of nitrogens with zero attached hydrogens (tertiary/aromatic N) is 2. The number of hydrogen-bond donors (Lipinski definition) is 0. The molecule has 1 atom stereocenters. The van der Waals surface area contributed by atoms with Gasteiger partial charge in [-0.05, 0) is 145 Å². The molecule has 0 aliphatic carbocycles. The van der Waals surface area contributed by atoms with Gasteiger partial charge in [-0.1, -0.05) is 109 Å². The molecule has 0 N–H and O–H groups in total. The molecule has 2 nitrogen and oxygen atoms in total. The Labute approximate surface area is 304 Å². The van der Waals surface area contributed by atoms with Crippen molar-refractivity contribution in [1.29, 1.82) is 0 Å². The maximum Gasteiger partial charge on any atom is 0.0464 e. The lowest BCUT2D eigenvalue weighted by Gasteiger charge is -2.27. The van der Waals surface area contributed by atoms with Crippen LogP contribution in [0.5, 0.6) is 0 Å². The summed E-state index contributed by atoms with van der Waals surface area (Å²) in [6.45, 7) is 10.8. The van der Waals surface area contributed by atoms with Crippen LogP contribution in [0.4, 0.5) is 28.4 Å². The van der Waals surface area contributed by atoms with Crippen LogP contribution in [-0.2, 0) is 0 Å². The maximum atomic E-state index is 2.37. The van der Waals surface area contributed by atoms with Crippen LogP contribution >= 0.6 is 0 Å². The Hall–Kier alpha value is -5.86. The van der Waals surface area contributed by atoms with Crippen molar-refractivity contribution in [3.8, 4) is 11.1 Å². The van der Waals surface area contributed by atoms with Gasteiger partial charge in [-0.3, -0.25) is 0 Å². The number of hydrogen-bond acceptors (Lipinski definition) is 2. The normalized spacial score (nSPS) is 11.6. The zero-order chi connectivity index (χ0) is 35.5. The fraction of sp³-hybridized carbons (Fsp3) is 0.143. The molecule has 0 heterocycles. The number of rotatable bonds is 9. The van der Waals surface area contributed by atoms with E-state index in [1.807, 2.05) is 0 Å². The van der Waals surface area contributed by atoms with E-state index in [1.54, 1.807) is 0 Å². The van der Waals surface area contributed by atoms with Crippen molar-refractivity contribution < 1.29 is 0 Å². The smallest absolute Gasteiger partial charge is 0.0464 e. The van der Waals surface area contributed by atoms with Gasteiger partial charge in [0.05, 0.1) is 0 Å². The molecular weight excluding hydrogens is 617 g/mol. The summed E-state index contributed by atoms with van der Waals surface area (Å²) in [5.41, 5.74) is 18.5. The average molecular weight is 663 g/mol. The standard InChI is InChI=1S/C49H46N2/c1-34-12-16-39(17-13-34)40-18-28-45(29-19-40)51(48-25-15-36(3)38(5)33-48)46-30-22-43(23-31-46)49(41-10-8-7-9-11-41)42-20-26-44(27-21-42)50(6)47-24-14-35(2)37(4)32-47/h7-33,49H,1-6H3. The minimum absolute atomic E-state index is 0.102. The summed E-state index contributed by atoms with van der Waals surface area (Å²) >= 11 is 0. The molecule has 0 bridgehead atoms. The molecule has 7 rings (SSSR count). The highest BCUT2D eigenvalue weighted by molar-refractivity contribution is 5.79. The molecule has 7 aromatic rings. The van der Waals surface area contributed by atoms with Crippen LogP contribution in [0.15, 0.2) is 164 Å². The summed E-state index contributed by atoms with van der Waals surface area (Å²) in [7, 11) is 2.14. The third kappa shape index (κ3) is 7.23. The lowest BCUT2D eigenvalue weighted by Crippen LogP contribution is -2.11. The highest BCUT2D eigenvalue weighted by atomic mass is 15.1. The average Bonchev–Trinajstić information content (AvgIpc) is 3.16. The van der Waals surface area contributed by atoms with Crippen molar-refractivity contribution in [2.24, 2.45) is 0 Å². The summed E-state index contributed by atoms with van der Waals surface area (Å²) in [5, 5.41) is 0. The lowest BCUT2D eigenvalue weighted by atomic mass is 9.85. The maximum absolute atomic E-state index is 2.37. The van der Waals surface area contributed by atoms with Crippen molar-refractivity contribution in [2.45, 2.75) is 40.5 Å². The van der Waals surface area contributed by atoms with Gasteiger partial charge >= 0.3 is 0 Å². The van der Waals surface area contributed by atoms with Crippen molar-refractivity contribution >= 4 is 28.4 Å². The van der Waals surface area contributed by atoms with Gasteiger partial charge in [-0.2, -0.15) is 0 Å². The van der Waals surface area contributed by atoms with E-state index >= 15 is 0 Å². The van der Waals surface area contributed by atoms with Gasteiger partial charge in [-0.15, -0.1) is 0 Å². The summed E-state index contributed by atoms with van der Waals surface area (Å²) in [6.07, 6.45) is 0. The largest absolute Gasteiger partial charge is 0.345 e. The van der Waals surface area contributed by atoms with E-state index in [0.717, 1.165) is 17.1 Å². The first kappa shape index (κ1) is 33.6. The van der Waals surface area contributed by atoms with E-state index in [0.29, 0.717) is 0 Å². The first-order valence-corrected chi connectivity index (χ1v) is 17.9. The van der Waals surface area contributed by atoms with Crippen molar-refractivity contribution in [3.63, 3.8) is 0 Å². The Balaban J connectivity index is 1.23. The van der Waals surface area contributed by atoms with Crippen molar-refractivity contribution in [3.05, 3.63) is 208 Å². The van der Waals surface area contributed by atoms with Gasteiger partial charge in [0, 0.05) is 41.4 Å². The number of benzene rings is 7. The molecule has 0 radical (unpaired) electrons. The Kier molecular flexibility index (Phi) is 9.59. The Morgan fingerprint density at radius 1 is 0.353 bits per heavy atom. The van der Waals surface area contributed by atoms with Crippen molar-refractivity contribution in [1.82, 2.24) is 0 Å². The highest BCUT2D eigenvalue weighted by Gasteiger charge is 2.19. The second-order valence-corrected chi connectivity index (χ2v) is 13.9. The molecule has 1 unspecified atom stereocenters. The molecule has 0 amide bonds. The van der Waals surface area contributed by atoms with Crippen LogP contribution in [0, 0.1) is 34.6 Å². The van der Waals surface area contributed by atoms with Gasteiger partial charge < -0.3 is 9.80 Å². The van der Waals surface area contributed by atoms with E-state index in [1.165, 1.54) is 67.0 Å². The van der Waals surface area contributed by atoms with Gasteiger partial charge in [0.1, 0.15) is 0 Å². The zero-order valence-electron chi connectivity index (χ0n) is 30.6. The minimum atomic E-state index is 0.102. The first-order chi connectivity index (χ1) is 24.7. The van der Waals surface area contributed by atoms with E-state index in [9.17, 15) is 0 Å². The summed E-state index contributed by atoms with van der Waals surface area (Å²) < 4.78 is 0. The molecule has 2 heteroatoms. The molecular formula is C49H46N2. The number of anilines is 5. The number of aryl methyl sites for hydroxylation is 5. The molecule has 0 aliphatic heterocycles. The van der Waals surface area contributed by atoms with Crippen LogP contribution in [0.3, 0.4) is 0 Å². The van der Waals surface area contributed by atoms with E-state index in [-0.39, 0.29) is 5.92 Å². The van der Waals surface area contributed by atoms with E-state index in [2.05, 4.69) is 215 Å². The highest BCUT2D eigenvalue weighted by Crippen LogP contribution is 2.39. The minimum Gasteiger partial charge on any atom is -0.345 e. The van der Waals surface area contributed by atoms with Gasteiger partial charge in [0.15, 0.2) is 0 Å². The molecule has 7 aromatic carbocycles. The quantitative estimate of drug-likeness (QED) is 0.142. The summed E-state index contributed by atoms with van der Waals surface area (Å²) in [4.78, 5) is 4.63. The van der Waals surface area contributed by atoms with Gasteiger partial charge in [-0.25, -0.2) is 0 Å². The molecule has 0 aromatic heterocycles. The fourth-order valence-corrected chi connectivity index (χ4v) is 6.87. The van der Waals surface area contributed by atoms with Gasteiger partial charge in [0.25, 0.3) is 0 Å². The predicted octanol–water partition coefficient (Wildman–Crippen LogP) is 13.3. The van der Waals surface area contributed by atoms with Crippen LogP contribution in [0.25, 0.3) is 11.1 Å². The molecule has 51 heavy (non-hydrogen) atoms. The molecule has 252 valence electrons. The molecule has 0 saturated carbocycles. The fourth-order valence-electron chi connectivity index (χ4n) is 6.87. The molecule has 0 spiro atoms. The lowest BCUT2D eigenvalue weighted by molar-refractivity contribution is 0.976. The van der Waals surface area contributed by atoms with Crippen LogP contribution in [0.1, 0.15) is 50.4 Å². The monoisotopic (exact) mass is 662 g/mol. The van der Waals surface area contributed by atoms with Gasteiger partial charge in [0.2, 0.25) is 0 Å². The van der Waals surface area contributed by atoms with Crippen LogP contribution in [0.2, 0.25) is 0 Å². The zero-order valence-corrected chi connectivity index (χ0v) is 30.6. The summed E-state index contributed by atoms with van der Waals surface area (Å²) in [6, 6.07) is 60.2. The first-order valence-electron chi connectivity index (χ1n) is 17.9. The van der Waals surface area contributed by atoms with Crippen LogP contribution < -0.4 is 9.80 Å². The topological polar surface area (TPSA) is 6.48 Å². The van der Waals surface area contributed by atoms with E-state index < -0.39 is 0 Å². The molecule has 0 aliphatic rings. The molecule has 0 saturated heterocycles. The van der Waals surface area contributed by atoms with E-state index in [4.69, 9.17) is 0 Å². The van der Waals surface area contributed by atoms with Crippen molar-refractivity contribution in [2.75, 3.05) is 16.8 Å². The SMILES string of the molecule is Cc1ccc(-c2ccc(N(c3ccc(C(c4ccccc4)c4ccc(N(C)c5ccc(C)c(C)c5)cc4)cc3)c3ccc(C)c(C)c3)cc2)cc1. The second-order valence-electron chi connectivity index (χ2n) is 13.9. The van der Waals surface area contributed by atoms with Crippen LogP contribution in [-0.4, -0.2) is 7.05 Å². The Bertz CT molecular complexity index is 2230.